The van der Waals surface area contributed by atoms with Crippen molar-refractivity contribution in [2.24, 2.45) is 0 Å². The van der Waals surface area contributed by atoms with E-state index in [9.17, 15) is 24.3 Å². The molecule has 0 radical (unpaired) electrons. The van der Waals surface area contributed by atoms with E-state index in [2.05, 4.69) is 0 Å². The molecule has 0 amide bonds. The molecule has 42 heavy (non-hydrogen) atoms. The van der Waals surface area contributed by atoms with Crippen molar-refractivity contribution in [3.05, 3.63) is 141 Å². The van der Waals surface area contributed by atoms with Crippen LogP contribution < -0.4 is 11.2 Å². The number of aliphatic hydroxyl groups excluding tert-OH is 1. The van der Waals surface area contributed by atoms with E-state index in [1.165, 1.54) is 6.20 Å². The Kier molecular flexibility index (Phi) is 9.02. The summed E-state index contributed by atoms with van der Waals surface area (Å²) >= 11 is 0. The summed E-state index contributed by atoms with van der Waals surface area (Å²) in [6.45, 7) is -0.570. The van der Waals surface area contributed by atoms with Gasteiger partial charge in [0.2, 0.25) is 0 Å². The first kappa shape index (κ1) is 28.7. The standard InChI is InChI=1S/C31H28N2O9/c34-25-16-17-32(31(38)33(25)20-39-18-21-10-4-1-5-11-21)28-26(35)27(42-30(37)23-14-8-3-9-15-23)24(41-28)19-40-29(36)22-12-6-2-7-13-22/h1-17,24,26-28,35H,18-20H2/t24-,26-,27-,28+/m0/s1. The molecule has 3 aromatic carbocycles. The fraction of sp³-hybridized carbons (Fsp3) is 0.226. The zero-order chi connectivity index (χ0) is 29.5. The fourth-order valence-electron chi connectivity index (χ4n) is 4.48. The molecule has 1 aliphatic heterocycles. The number of esters is 2. The van der Waals surface area contributed by atoms with E-state index in [4.69, 9.17) is 18.9 Å². The molecule has 1 aromatic heterocycles. The Balaban J connectivity index is 1.36. The highest BCUT2D eigenvalue weighted by atomic mass is 16.6. The minimum atomic E-state index is -1.55. The minimum absolute atomic E-state index is 0.163. The molecule has 11 heteroatoms. The topological polar surface area (TPSA) is 135 Å². The third-order valence-corrected chi connectivity index (χ3v) is 6.65. The molecule has 0 spiro atoms. The van der Waals surface area contributed by atoms with E-state index in [0.29, 0.717) is 5.56 Å². The Hall–Kier alpha value is -4.84. The molecule has 1 N–H and O–H groups in total. The van der Waals surface area contributed by atoms with Gasteiger partial charge in [0, 0.05) is 12.3 Å². The van der Waals surface area contributed by atoms with E-state index in [-0.39, 0.29) is 25.5 Å². The minimum Gasteiger partial charge on any atom is -0.459 e. The Morgan fingerprint density at radius 2 is 1.40 bits per heavy atom. The van der Waals surface area contributed by atoms with Crippen molar-refractivity contribution < 1.29 is 33.6 Å². The van der Waals surface area contributed by atoms with E-state index in [1.54, 1.807) is 60.7 Å². The van der Waals surface area contributed by atoms with Crippen LogP contribution in [0.1, 0.15) is 32.5 Å². The number of carbonyl (C=O) groups excluding carboxylic acids is 2. The van der Waals surface area contributed by atoms with Crippen molar-refractivity contribution in [3.8, 4) is 0 Å². The smallest absolute Gasteiger partial charge is 0.338 e. The van der Waals surface area contributed by atoms with Gasteiger partial charge in [-0.05, 0) is 29.8 Å². The maximum absolute atomic E-state index is 13.3. The number of ether oxygens (including phenoxy) is 4. The van der Waals surface area contributed by atoms with Crippen LogP contribution in [0, 0.1) is 0 Å². The molecule has 5 rings (SSSR count). The van der Waals surface area contributed by atoms with Gasteiger partial charge in [-0.25, -0.2) is 19.0 Å². The molecule has 0 saturated carbocycles. The maximum Gasteiger partial charge on any atom is 0.338 e. The Labute approximate surface area is 240 Å². The summed E-state index contributed by atoms with van der Waals surface area (Å²) in [5, 5.41) is 11.2. The monoisotopic (exact) mass is 572 g/mol. The predicted octanol–water partition coefficient (Wildman–Crippen LogP) is 2.53. The third-order valence-electron chi connectivity index (χ3n) is 6.65. The lowest BCUT2D eigenvalue weighted by molar-refractivity contribution is -0.0626. The quantitative estimate of drug-likeness (QED) is 0.285. The van der Waals surface area contributed by atoms with Crippen LogP contribution >= 0.6 is 0 Å². The van der Waals surface area contributed by atoms with E-state index in [0.717, 1.165) is 20.8 Å². The van der Waals surface area contributed by atoms with Gasteiger partial charge in [0.05, 0.1) is 17.7 Å². The van der Waals surface area contributed by atoms with Crippen LogP contribution in [0.4, 0.5) is 0 Å². The summed E-state index contributed by atoms with van der Waals surface area (Å²) in [5.41, 5.74) is -0.0436. The fourth-order valence-corrected chi connectivity index (χ4v) is 4.48. The zero-order valence-corrected chi connectivity index (χ0v) is 22.4. The molecule has 4 atom stereocenters. The van der Waals surface area contributed by atoms with Crippen LogP contribution in [0.25, 0.3) is 0 Å². The van der Waals surface area contributed by atoms with Crippen LogP contribution in [-0.4, -0.2) is 51.1 Å². The number of aliphatic hydroxyl groups is 1. The number of benzene rings is 3. The second kappa shape index (κ2) is 13.2. The van der Waals surface area contributed by atoms with Gasteiger partial charge in [0.1, 0.15) is 25.5 Å². The molecule has 1 aliphatic rings. The number of carbonyl (C=O) groups is 2. The van der Waals surface area contributed by atoms with Crippen LogP contribution in [0.2, 0.25) is 0 Å². The summed E-state index contributed by atoms with van der Waals surface area (Å²) in [4.78, 5) is 51.3. The lowest BCUT2D eigenvalue weighted by Gasteiger charge is -2.21. The summed E-state index contributed by atoms with van der Waals surface area (Å²) < 4.78 is 24.4. The van der Waals surface area contributed by atoms with Gasteiger partial charge in [-0.15, -0.1) is 0 Å². The predicted molar refractivity (Wildman–Crippen MR) is 148 cm³/mol. The molecule has 11 nitrogen and oxygen atoms in total. The molecule has 216 valence electrons. The number of nitrogens with zero attached hydrogens (tertiary/aromatic N) is 2. The van der Waals surface area contributed by atoms with Gasteiger partial charge < -0.3 is 24.1 Å². The molecule has 4 aromatic rings. The zero-order valence-electron chi connectivity index (χ0n) is 22.4. The Morgan fingerprint density at radius 3 is 2.05 bits per heavy atom. The molecule has 1 fully saturated rings. The van der Waals surface area contributed by atoms with Crippen LogP contribution in [0.15, 0.2) is 113 Å². The summed E-state index contributed by atoms with van der Waals surface area (Å²) in [5.74, 6) is -1.39. The summed E-state index contributed by atoms with van der Waals surface area (Å²) in [7, 11) is 0. The van der Waals surface area contributed by atoms with Crippen molar-refractivity contribution in [2.75, 3.05) is 6.61 Å². The second-order valence-electron chi connectivity index (χ2n) is 9.49. The van der Waals surface area contributed by atoms with Crippen LogP contribution in [-0.2, 0) is 32.3 Å². The first-order chi connectivity index (χ1) is 20.4. The molecular formula is C31H28N2O9. The van der Waals surface area contributed by atoms with Crippen LogP contribution in [0.3, 0.4) is 0 Å². The largest absolute Gasteiger partial charge is 0.459 e. The second-order valence-corrected chi connectivity index (χ2v) is 9.49. The average Bonchev–Trinajstić information content (AvgIpc) is 3.33. The van der Waals surface area contributed by atoms with E-state index < -0.39 is 47.7 Å². The number of hydrogen-bond acceptors (Lipinski definition) is 9. The van der Waals surface area contributed by atoms with Gasteiger partial charge >= 0.3 is 17.6 Å². The van der Waals surface area contributed by atoms with Crippen molar-refractivity contribution in [1.82, 2.24) is 9.13 Å². The molecule has 0 bridgehead atoms. The lowest BCUT2D eigenvalue weighted by atomic mass is 10.1. The number of aromatic nitrogens is 2. The summed E-state index contributed by atoms with van der Waals surface area (Å²) in [6, 6.07) is 26.8. The highest BCUT2D eigenvalue weighted by Crippen LogP contribution is 2.31. The average molecular weight is 573 g/mol. The third kappa shape index (κ3) is 6.55. The number of hydrogen-bond donors (Lipinski definition) is 1. The summed E-state index contributed by atoms with van der Waals surface area (Å²) in [6.07, 6.45) is -4.18. The van der Waals surface area contributed by atoms with Crippen molar-refractivity contribution in [1.29, 1.82) is 0 Å². The molecule has 1 saturated heterocycles. The number of rotatable bonds is 10. The highest BCUT2D eigenvalue weighted by molar-refractivity contribution is 5.90. The van der Waals surface area contributed by atoms with Gasteiger partial charge in [0.25, 0.3) is 5.56 Å². The van der Waals surface area contributed by atoms with Gasteiger partial charge in [0.15, 0.2) is 12.3 Å². The van der Waals surface area contributed by atoms with Crippen molar-refractivity contribution >= 4 is 11.9 Å². The molecular weight excluding hydrogens is 544 g/mol. The first-order valence-electron chi connectivity index (χ1n) is 13.2. The van der Waals surface area contributed by atoms with Gasteiger partial charge in [-0.1, -0.05) is 66.7 Å². The lowest BCUT2D eigenvalue weighted by Crippen LogP contribution is -2.44. The Bertz CT molecular complexity index is 1620. The molecule has 0 aliphatic carbocycles. The van der Waals surface area contributed by atoms with Gasteiger partial charge in [-0.2, -0.15) is 0 Å². The van der Waals surface area contributed by atoms with Crippen molar-refractivity contribution in [2.45, 2.75) is 37.9 Å². The first-order valence-corrected chi connectivity index (χ1v) is 13.2. The van der Waals surface area contributed by atoms with E-state index in [1.807, 2.05) is 30.3 Å². The van der Waals surface area contributed by atoms with Gasteiger partial charge in [-0.3, -0.25) is 9.36 Å². The highest BCUT2D eigenvalue weighted by Gasteiger charge is 2.48. The van der Waals surface area contributed by atoms with Crippen LogP contribution in [0.5, 0.6) is 0 Å². The SMILES string of the molecule is O=C(OC[C@@H]1O[C@@H](n2ccc(=O)n(COCc3ccccc3)c2=O)[C@@H](O)[C@H]1OC(=O)c1ccccc1)c1ccccc1. The molecule has 2 heterocycles. The maximum atomic E-state index is 13.3. The normalized spacial score (nSPS) is 19.7. The van der Waals surface area contributed by atoms with E-state index >= 15 is 0 Å². The van der Waals surface area contributed by atoms with Crippen molar-refractivity contribution in [3.63, 3.8) is 0 Å². The molecule has 0 unspecified atom stereocenters. The Morgan fingerprint density at radius 1 is 0.810 bits per heavy atom.